The van der Waals surface area contributed by atoms with Crippen LogP contribution in [-0.2, 0) is 19.1 Å². The van der Waals surface area contributed by atoms with Crippen LogP contribution in [0.15, 0.2) is 66.7 Å². The van der Waals surface area contributed by atoms with E-state index in [1.54, 1.807) is 38.1 Å². The zero-order valence-corrected chi connectivity index (χ0v) is 21.1. The number of rotatable bonds is 10. The van der Waals surface area contributed by atoms with E-state index in [0.29, 0.717) is 0 Å². The van der Waals surface area contributed by atoms with E-state index in [1.165, 1.54) is 37.4 Å². The number of hydrogen-bond donors (Lipinski definition) is 2. The Morgan fingerprint density at radius 1 is 0.821 bits per heavy atom. The van der Waals surface area contributed by atoms with Gasteiger partial charge in [0.2, 0.25) is 12.2 Å². The summed E-state index contributed by atoms with van der Waals surface area (Å²) in [6, 6.07) is 15.3. The first-order valence-corrected chi connectivity index (χ1v) is 11.4. The molecule has 0 aliphatic carbocycles. The van der Waals surface area contributed by atoms with E-state index in [9.17, 15) is 34.4 Å². The molecule has 0 unspecified atom stereocenters. The van der Waals surface area contributed by atoms with Crippen LogP contribution >= 0.6 is 0 Å². The number of ether oxygens (including phenoxy) is 3. The van der Waals surface area contributed by atoms with Gasteiger partial charge < -0.3 is 24.6 Å². The number of aryl methyl sites for hydroxylation is 2. The molecular weight excluding hydrogens is 512 g/mol. The maximum absolute atomic E-state index is 13.3. The Balaban J connectivity index is 1.98. The quantitative estimate of drug-likeness (QED) is 0.221. The summed E-state index contributed by atoms with van der Waals surface area (Å²) in [5, 5.41) is 23.4. The number of benzene rings is 3. The van der Waals surface area contributed by atoms with Crippen molar-refractivity contribution in [1.82, 2.24) is 0 Å². The number of nitrogens with zero attached hydrogens (tertiary/aromatic N) is 1. The molecule has 39 heavy (non-hydrogen) atoms. The molecule has 3 rings (SSSR count). The van der Waals surface area contributed by atoms with Crippen LogP contribution in [0.3, 0.4) is 0 Å². The van der Waals surface area contributed by atoms with E-state index < -0.39 is 46.6 Å². The molecule has 12 heteroatoms. The van der Waals surface area contributed by atoms with Gasteiger partial charge in [-0.3, -0.25) is 14.9 Å². The van der Waals surface area contributed by atoms with Gasteiger partial charge in [0.05, 0.1) is 28.8 Å². The molecule has 3 aromatic rings. The SMILES string of the molecule is COc1ccc([N+](=O)[O-])cc1NC(=O)[C@H](OC(=O)c1ccc(C)cc1)[C@H](OC(=O)c1ccc(C)cc1)C(=O)O. The minimum atomic E-state index is -2.28. The molecular formula is C27H24N2O10. The lowest BCUT2D eigenvalue weighted by atomic mass is 10.1. The number of hydrogen-bond acceptors (Lipinski definition) is 9. The first kappa shape index (κ1) is 28.3. The second kappa shape index (κ2) is 12.3. The largest absolute Gasteiger partial charge is 0.495 e. The van der Waals surface area contributed by atoms with Crippen molar-refractivity contribution < 1.29 is 43.4 Å². The summed E-state index contributed by atoms with van der Waals surface area (Å²) < 4.78 is 15.5. The molecule has 2 atom stereocenters. The smallest absolute Gasteiger partial charge is 0.349 e. The van der Waals surface area contributed by atoms with Crippen LogP contribution in [0.1, 0.15) is 31.8 Å². The van der Waals surface area contributed by atoms with Gasteiger partial charge in [-0.2, -0.15) is 0 Å². The van der Waals surface area contributed by atoms with Crippen LogP contribution in [0, 0.1) is 24.0 Å². The second-order valence-electron chi connectivity index (χ2n) is 8.35. The predicted molar refractivity (Wildman–Crippen MR) is 137 cm³/mol. The number of amides is 1. The summed E-state index contributed by atoms with van der Waals surface area (Å²) >= 11 is 0. The number of esters is 2. The van der Waals surface area contributed by atoms with Crippen molar-refractivity contribution in [1.29, 1.82) is 0 Å². The number of nitro benzene ring substituents is 1. The molecule has 0 heterocycles. The number of carboxylic acids is 1. The summed E-state index contributed by atoms with van der Waals surface area (Å²) in [5.74, 6) is -5.17. The summed E-state index contributed by atoms with van der Waals surface area (Å²) in [7, 11) is 1.25. The van der Waals surface area contributed by atoms with Gasteiger partial charge in [0.15, 0.2) is 0 Å². The third kappa shape index (κ3) is 7.16. The van der Waals surface area contributed by atoms with Gasteiger partial charge in [0.25, 0.3) is 11.6 Å². The first-order chi connectivity index (χ1) is 18.5. The van der Waals surface area contributed by atoms with E-state index in [0.717, 1.165) is 23.3 Å². The Morgan fingerprint density at radius 3 is 1.74 bits per heavy atom. The molecule has 0 fully saturated rings. The van der Waals surface area contributed by atoms with Gasteiger partial charge in [-0.15, -0.1) is 0 Å². The van der Waals surface area contributed by atoms with Crippen molar-refractivity contribution in [2.24, 2.45) is 0 Å². The number of anilines is 1. The highest BCUT2D eigenvalue weighted by molar-refractivity contribution is 6.02. The lowest BCUT2D eigenvalue weighted by Crippen LogP contribution is -2.48. The molecule has 0 saturated heterocycles. The van der Waals surface area contributed by atoms with E-state index >= 15 is 0 Å². The third-order valence-electron chi connectivity index (χ3n) is 5.47. The highest BCUT2D eigenvalue weighted by Gasteiger charge is 2.41. The van der Waals surface area contributed by atoms with Crippen molar-refractivity contribution in [2.45, 2.75) is 26.1 Å². The monoisotopic (exact) mass is 536 g/mol. The number of non-ortho nitro benzene ring substituents is 1. The molecule has 0 radical (unpaired) electrons. The Morgan fingerprint density at radius 2 is 1.31 bits per heavy atom. The van der Waals surface area contributed by atoms with Gasteiger partial charge in [-0.25, -0.2) is 14.4 Å². The second-order valence-corrected chi connectivity index (χ2v) is 8.35. The zero-order chi connectivity index (χ0) is 28.7. The highest BCUT2D eigenvalue weighted by atomic mass is 16.6. The normalized spacial score (nSPS) is 12.0. The van der Waals surface area contributed by atoms with Crippen LogP contribution in [0.2, 0.25) is 0 Å². The summed E-state index contributed by atoms with van der Waals surface area (Å²) in [6.45, 7) is 3.56. The first-order valence-electron chi connectivity index (χ1n) is 11.4. The number of nitrogens with one attached hydrogen (secondary N) is 1. The number of nitro groups is 1. The fraction of sp³-hybridized carbons (Fsp3) is 0.185. The average molecular weight is 536 g/mol. The summed E-state index contributed by atoms with van der Waals surface area (Å²) in [5.41, 5.74) is 1.05. The van der Waals surface area contributed by atoms with Gasteiger partial charge >= 0.3 is 17.9 Å². The molecule has 12 nitrogen and oxygen atoms in total. The lowest BCUT2D eigenvalue weighted by Gasteiger charge is -2.24. The fourth-order valence-corrected chi connectivity index (χ4v) is 3.35. The molecule has 1 amide bonds. The predicted octanol–water partition coefficient (Wildman–Crippen LogP) is 3.69. The number of carboxylic acid groups (broad SMARTS) is 1. The van der Waals surface area contributed by atoms with Crippen molar-refractivity contribution in [3.8, 4) is 5.75 Å². The van der Waals surface area contributed by atoms with Crippen molar-refractivity contribution in [3.63, 3.8) is 0 Å². The van der Waals surface area contributed by atoms with Crippen molar-refractivity contribution in [2.75, 3.05) is 12.4 Å². The molecule has 0 aliphatic rings. The average Bonchev–Trinajstić information content (AvgIpc) is 2.90. The van der Waals surface area contributed by atoms with Crippen molar-refractivity contribution >= 4 is 35.2 Å². The van der Waals surface area contributed by atoms with Crippen LogP contribution in [0.4, 0.5) is 11.4 Å². The fourth-order valence-electron chi connectivity index (χ4n) is 3.35. The number of carbonyl (C=O) groups is 4. The molecule has 3 aromatic carbocycles. The maximum atomic E-state index is 13.3. The van der Waals surface area contributed by atoms with E-state index in [4.69, 9.17) is 14.2 Å². The Kier molecular flexibility index (Phi) is 8.94. The summed E-state index contributed by atoms with van der Waals surface area (Å²) in [4.78, 5) is 61.6. The zero-order valence-electron chi connectivity index (χ0n) is 21.1. The van der Waals surface area contributed by atoms with E-state index in [2.05, 4.69) is 5.32 Å². The van der Waals surface area contributed by atoms with E-state index in [-0.39, 0.29) is 22.6 Å². The number of methoxy groups -OCH3 is 1. The lowest BCUT2D eigenvalue weighted by molar-refractivity contribution is -0.384. The molecule has 202 valence electrons. The molecule has 0 bridgehead atoms. The molecule has 0 spiro atoms. The van der Waals surface area contributed by atoms with Gasteiger partial charge in [-0.05, 0) is 44.2 Å². The van der Waals surface area contributed by atoms with Crippen LogP contribution in [-0.4, -0.2) is 53.2 Å². The molecule has 0 aromatic heterocycles. The summed E-state index contributed by atoms with van der Waals surface area (Å²) in [6.07, 6.45) is -4.48. The van der Waals surface area contributed by atoms with Crippen LogP contribution in [0.5, 0.6) is 5.75 Å². The van der Waals surface area contributed by atoms with E-state index in [1.807, 2.05) is 0 Å². The minimum absolute atomic E-state index is 0.000305. The standard InChI is InChI=1S/C27H24N2O10/c1-15-4-8-17(9-5-15)26(33)38-22(23(25(31)32)39-27(34)18-10-6-16(2)7-11-18)24(30)28-20-14-19(29(35)36)12-13-21(20)37-3/h4-14,22-23H,1-3H3,(H,28,30)(H,31,32)/t22-,23+/m1/s1. The topological polar surface area (TPSA) is 171 Å². The molecule has 0 aliphatic heterocycles. The molecule has 0 saturated carbocycles. The maximum Gasteiger partial charge on any atom is 0.349 e. The Bertz CT molecular complexity index is 1400. The van der Waals surface area contributed by atoms with Gasteiger partial charge in [0, 0.05) is 12.1 Å². The Labute approximate surface area is 222 Å². The van der Waals surface area contributed by atoms with Gasteiger partial charge in [0.1, 0.15) is 5.75 Å². The number of aliphatic carboxylic acids is 1. The van der Waals surface area contributed by atoms with Crippen LogP contribution in [0.25, 0.3) is 0 Å². The Hall–Kier alpha value is -5.26. The van der Waals surface area contributed by atoms with Crippen LogP contribution < -0.4 is 10.1 Å². The highest BCUT2D eigenvalue weighted by Crippen LogP contribution is 2.29. The molecule has 2 N–H and O–H groups in total. The van der Waals surface area contributed by atoms with Gasteiger partial charge in [-0.1, -0.05) is 35.4 Å². The number of carbonyl (C=O) groups excluding carboxylic acids is 3. The minimum Gasteiger partial charge on any atom is -0.495 e. The third-order valence-corrected chi connectivity index (χ3v) is 5.47. The van der Waals surface area contributed by atoms with Crippen molar-refractivity contribution in [3.05, 3.63) is 99.1 Å².